The minimum absolute atomic E-state index is 0.242. The number of nitrogens with zero attached hydrogens (tertiary/aromatic N) is 2. The van der Waals surface area contributed by atoms with E-state index in [1.165, 1.54) is 17.4 Å². The van der Waals surface area contributed by atoms with Crippen molar-refractivity contribution in [3.8, 4) is 0 Å². The Kier molecular flexibility index (Phi) is 3.10. The summed E-state index contributed by atoms with van der Waals surface area (Å²) in [6, 6.07) is 4.87. The zero-order valence-corrected chi connectivity index (χ0v) is 9.72. The quantitative estimate of drug-likeness (QED) is 0.734. The Labute approximate surface area is 97.2 Å². The van der Waals surface area contributed by atoms with Crippen molar-refractivity contribution in [1.82, 2.24) is 4.98 Å². The molecule has 0 aliphatic carbocycles. The third-order valence-electron chi connectivity index (χ3n) is 2.19. The zero-order valence-electron chi connectivity index (χ0n) is 8.90. The minimum atomic E-state index is -0.242. The van der Waals surface area contributed by atoms with Crippen LogP contribution in [0.2, 0.25) is 0 Å². The molecule has 0 atom stereocenters. The first kappa shape index (κ1) is 11.0. The fourth-order valence-electron chi connectivity index (χ4n) is 1.34. The van der Waals surface area contributed by atoms with Crippen molar-refractivity contribution in [2.24, 2.45) is 4.99 Å². The van der Waals surface area contributed by atoms with Crippen LogP contribution in [0.3, 0.4) is 0 Å². The molecule has 0 amide bonds. The van der Waals surface area contributed by atoms with Gasteiger partial charge in [-0.3, -0.25) is 0 Å². The molecule has 0 bridgehead atoms. The molecule has 0 spiro atoms. The van der Waals surface area contributed by atoms with Crippen LogP contribution in [0.1, 0.15) is 13.3 Å². The first-order valence-corrected chi connectivity index (χ1v) is 5.81. The van der Waals surface area contributed by atoms with Crippen LogP contribution in [0.25, 0.3) is 10.2 Å². The summed E-state index contributed by atoms with van der Waals surface area (Å²) >= 11 is 1.26. The molecule has 82 valence electrons. The Morgan fingerprint density at radius 3 is 3.06 bits per heavy atom. The Morgan fingerprint density at radius 1 is 1.62 bits per heavy atom. The van der Waals surface area contributed by atoms with E-state index in [0.717, 1.165) is 12.1 Å². The van der Waals surface area contributed by atoms with Crippen molar-refractivity contribution in [3.05, 3.63) is 36.7 Å². The molecule has 0 saturated heterocycles. The van der Waals surface area contributed by atoms with Crippen LogP contribution in [-0.2, 0) is 0 Å². The number of halogens is 1. The van der Waals surface area contributed by atoms with Crippen molar-refractivity contribution >= 4 is 32.4 Å². The molecule has 2 rings (SSSR count). The van der Waals surface area contributed by atoms with Crippen molar-refractivity contribution in [2.75, 3.05) is 0 Å². The van der Waals surface area contributed by atoms with Crippen molar-refractivity contribution in [2.45, 2.75) is 13.3 Å². The van der Waals surface area contributed by atoms with E-state index in [1.807, 2.05) is 6.92 Å². The average Bonchev–Trinajstić information content (AvgIpc) is 2.70. The summed E-state index contributed by atoms with van der Waals surface area (Å²) in [5.41, 5.74) is 1.52. The first-order chi connectivity index (χ1) is 7.74. The average molecular weight is 234 g/mol. The Bertz CT molecular complexity index is 557. The maximum absolute atomic E-state index is 13.4. The number of aliphatic imine (C=N–C) groups is 1. The maximum atomic E-state index is 13.4. The second-order valence-electron chi connectivity index (χ2n) is 3.25. The number of benzene rings is 1. The molecule has 2 nitrogen and oxygen atoms in total. The molecule has 4 heteroatoms. The molecule has 0 radical (unpaired) electrons. The van der Waals surface area contributed by atoms with Crippen LogP contribution in [0.4, 0.5) is 9.52 Å². The first-order valence-electron chi connectivity index (χ1n) is 4.99. The number of thiazole rings is 1. The SMILES string of the molecule is C=CC(CC)=Nc1nc2cccc(F)c2s1. The lowest BCUT2D eigenvalue weighted by Gasteiger charge is -1.91. The number of hydrogen-bond acceptors (Lipinski definition) is 3. The molecule has 16 heavy (non-hydrogen) atoms. The van der Waals surface area contributed by atoms with E-state index >= 15 is 0 Å². The molecule has 0 fully saturated rings. The summed E-state index contributed by atoms with van der Waals surface area (Å²) in [6.45, 7) is 5.67. The molecule has 0 aliphatic heterocycles. The van der Waals surface area contributed by atoms with Crippen LogP contribution in [0.5, 0.6) is 0 Å². The molecule has 1 heterocycles. The molecule has 1 aromatic carbocycles. The normalized spacial score (nSPS) is 12.0. The highest BCUT2D eigenvalue weighted by Gasteiger charge is 2.06. The van der Waals surface area contributed by atoms with Gasteiger partial charge in [0.2, 0.25) is 5.13 Å². The number of hydrogen-bond donors (Lipinski definition) is 0. The largest absolute Gasteiger partial charge is 0.224 e. The van der Waals surface area contributed by atoms with E-state index in [0.29, 0.717) is 15.3 Å². The molecule has 0 N–H and O–H groups in total. The lowest BCUT2D eigenvalue weighted by atomic mass is 10.3. The summed E-state index contributed by atoms with van der Waals surface area (Å²) < 4.78 is 14.0. The van der Waals surface area contributed by atoms with Crippen LogP contribution in [0, 0.1) is 5.82 Å². The molecule has 0 saturated carbocycles. The predicted molar refractivity (Wildman–Crippen MR) is 67.2 cm³/mol. The number of fused-ring (bicyclic) bond motifs is 1. The van der Waals surface area contributed by atoms with Gasteiger partial charge in [-0.25, -0.2) is 14.4 Å². The van der Waals surface area contributed by atoms with Gasteiger partial charge in [0.1, 0.15) is 5.82 Å². The van der Waals surface area contributed by atoms with E-state index in [-0.39, 0.29) is 5.82 Å². The lowest BCUT2D eigenvalue weighted by Crippen LogP contribution is -1.87. The third kappa shape index (κ3) is 2.02. The Hall–Kier alpha value is -1.55. The molecule has 2 aromatic rings. The number of allylic oxidation sites excluding steroid dienone is 1. The van der Waals surface area contributed by atoms with Gasteiger partial charge in [-0.05, 0) is 24.6 Å². The smallest absolute Gasteiger partial charge is 0.210 e. The summed E-state index contributed by atoms with van der Waals surface area (Å²) in [5.74, 6) is -0.242. The number of rotatable bonds is 3. The van der Waals surface area contributed by atoms with Crippen molar-refractivity contribution in [3.63, 3.8) is 0 Å². The van der Waals surface area contributed by atoms with Crippen LogP contribution in [-0.4, -0.2) is 10.7 Å². The monoisotopic (exact) mass is 234 g/mol. The van der Waals surface area contributed by atoms with Crippen molar-refractivity contribution in [1.29, 1.82) is 0 Å². The van der Waals surface area contributed by atoms with Crippen LogP contribution < -0.4 is 0 Å². The second kappa shape index (κ2) is 4.53. The zero-order chi connectivity index (χ0) is 11.5. The maximum Gasteiger partial charge on any atom is 0.210 e. The highest BCUT2D eigenvalue weighted by atomic mass is 32.1. The standard InChI is InChI=1S/C12H11FN2S/c1-3-8(4-2)14-12-15-10-7-5-6-9(13)11(10)16-12/h3,5-7H,1,4H2,2H3. The molecular weight excluding hydrogens is 223 g/mol. The van der Waals surface area contributed by atoms with Crippen molar-refractivity contribution < 1.29 is 4.39 Å². The summed E-state index contributed by atoms with van der Waals surface area (Å²) in [7, 11) is 0. The number of aromatic nitrogens is 1. The van der Waals surface area contributed by atoms with Gasteiger partial charge in [0.05, 0.1) is 10.2 Å². The Balaban J connectivity index is 2.51. The van der Waals surface area contributed by atoms with Gasteiger partial charge >= 0.3 is 0 Å². The molecule has 1 aromatic heterocycles. The third-order valence-corrected chi connectivity index (χ3v) is 3.17. The fraction of sp³-hybridized carbons (Fsp3) is 0.167. The van der Waals surface area contributed by atoms with E-state index in [1.54, 1.807) is 18.2 Å². The fourth-order valence-corrected chi connectivity index (χ4v) is 2.22. The lowest BCUT2D eigenvalue weighted by molar-refractivity contribution is 0.641. The van der Waals surface area contributed by atoms with E-state index in [4.69, 9.17) is 0 Å². The predicted octanol–water partition coefficient (Wildman–Crippen LogP) is 4.10. The minimum Gasteiger partial charge on any atom is -0.224 e. The van der Waals surface area contributed by atoms with E-state index in [9.17, 15) is 4.39 Å². The van der Waals surface area contributed by atoms with Gasteiger partial charge in [0, 0.05) is 5.71 Å². The van der Waals surface area contributed by atoms with Gasteiger partial charge in [0.15, 0.2) is 0 Å². The van der Waals surface area contributed by atoms with Crippen LogP contribution >= 0.6 is 11.3 Å². The van der Waals surface area contributed by atoms with Crippen LogP contribution in [0.15, 0.2) is 35.8 Å². The summed E-state index contributed by atoms with van der Waals surface area (Å²) in [5, 5.41) is 0.580. The summed E-state index contributed by atoms with van der Waals surface area (Å²) in [6.07, 6.45) is 2.49. The van der Waals surface area contributed by atoms with E-state index in [2.05, 4.69) is 16.6 Å². The van der Waals surface area contributed by atoms with Gasteiger partial charge in [-0.2, -0.15) is 0 Å². The second-order valence-corrected chi connectivity index (χ2v) is 4.22. The Morgan fingerprint density at radius 2 is 2.44 bits per heavy atom. The van der Waals surface area contributed by atoms with Gasteiger partial charge < -0.3 is 0 Å². The van der Waals surface area contributed by atoms with Gasteiger partial charge in [-0.1, -0.05) is 30.9 Å². The summed E-state index contributed by atoms with van der Waals surface area (Å²) in [4.78, 5) is 8.57. The molecular formula is C12H11FN2S. The topological polar surface area (TPSA) is 25.2 Å². The molecule has 0 aliphatic rings. The highest BCUT2D eigenvalue weighted by molar-refractivity contribution is 7.22. The van der Waals surface area contributed by atoms with Gasteiger partial charge in [-0.15, -0.1) is 0 Å². The molecule has 0 unspecified atom stereocenters. The van der Waals surface area contributed by atoms with Gasteiger partial charge in [0.25, 0.3) is 0 Å². The van der Waals surface area contributed by atoms with E-state index < -0.39 is 0 Å². The highest BCUT2D eigenvalue weighted by Crippen LogP contribution is 2.30.